The number of hydrogen-bond acceptors (Lipinski definition) is 4. The minimum Gasteiger partial charge on any atom is -0.347 e. The van der Waals surface area contributed by atoms with E-state index in [-0.39, 0.29) is 11.5 Å². The largest absolute Gasteiger partial charge is 0.347 e. The van der Waals surface area contributed by atoms with Crippen LogP contribution in [-0.2, 0) is 21.2 Å². The zero-order valence-corrected chi connectivity index (χ0v) is 15.6. The Balaban J connectivity index is 2.04. The number of halogens is 4. The van der Waals surface area contributed by atoms with E-state index in [0.717, 1.165) is 5.56 Å². The molecule has 10 heteroatoms. The first-order valence-corrected chi connectivity index (χ1v) is 9.96. The molecular weight excluding hydrogens is 406 g/mol. The molecule has 0 spiro atoms. The van der Waals surface area contributed by atoms with E-state index in [1.54, 1.807) is 18.2 Å². The summed E-state index contributed by atoms with van der Waals surface area (Å²) in [6.45, 7) is 0.404. The van der Waals surface area contributed by atoms with E-state index in [1.165, 1.54) is 0 Å². The molecule has 1 aliphatic heterocycles. The van der Waals surface area contributed by atoms with Crippen LogP contribution in [0.25, 0.3) is 0 Å². The lowest BCUT2D eigenvalue weighted by Crippen LogP contribution is -2.51. The third-order valence-corrected chi connectivity index (χ3v) is 5.87. The monoisotopic (exact) mass is 418 g/mol. The van der Waals surface area contributed by atoms with Crippen LogP contribution in [0.3, 0.4) is 0 Å². The van der Waals surface area contributed by atoms with E-state index < -0.39 is 31.6 Å². The highest BCUT2D eigenvalue weighted by atomic mass is 35.6. The van der Waals surface area contributed by atoms with E-state index in [1.807, 2.05) is 6.07 Å². The van der Waals surface area contributed by atoms with E-state index in [0.29, 0.717) is 11.6 Å². The van der Waals surface area contributed by atoms with Gasteiger partial charge in [-0.15, -0.1) is 0 Å². The number of sulfone groups is 1. The summed E-state index contributed by atoms with van der Waals surface area (Å²) >= 11 is 22.4. The van der Waals surface area contributed by atoms with Crippen molar-refractivity contribution in [3.05, 3.63) is 34.9 Å². The first kappa shape index (κ1) is 19.1. The minimum absolute atomic E-state index is 0.0988. The van der Waals surface area contributed by atoms with Crippen LogP contribution in [0, 0.1) is 0 Å². The van der Waals surface area contributed by atoms with Gasteiger partial charge in [-0.3, -0.25) is 4.79 Å². The van der Waals surface area contributed by atoms with Crippen LogP contribution in [0.2, 0.25) is 5.02 Å². The van der Waals surface area contributed by atoms with Crippen LogP contribution < -0.4 is 10.6 Å². The summed E-state index contributed by atoms with van der Waals surface area (Å²) in [7, 11) is -3.28. The molecule has 0 unspecified atom stereocenters. The molecule has 0 aliphatic carbocycles. The number of carbonyl (C=O) groups is 1. The molecule has 1 aromatic carbocycles. The number of benzene rings is 1. The summed E-state index contributed by atoms with van der Waals surface area (Å²) in [5.74, 6) is -1.15. The summed E-state index contributed by atoms with van der Waals surface area (Å²) in [4.78, 5) is 11.7. The predicted molar refractivity (Wildman–Crippen MR) is 93.0 cm³/mol. The molecule has 1 aromatic rings. The molecule has 1 amide bonds. The maximum Gasteiger partial charge on any atom is 0.272 e. The molecule has 1 aliphatic rings. The molecule has 128 valence electrons. The Bertz CT molecular complexity index is 691. The van der Waals surface area contributed by atoms with Crippen molar-refractivity contribution in [2.45, 2.75) is 22.4 Å². The summed E-state index contributed by atoms with van der Waals surface area (Å²) in [6, 6.07) is 6.03. The van der Waals surface area contributed by atoms with Gasteiger partial charge < -0.3 is 10.6 Å². The Labute approximate surface area is 154 Å². The van der Waals surface area contributed by atoms with Crippen molar-refractivity contribution in [1.29, 1.82) is 0 Å². The molecule has 1 saturated heterocycles. The topological polar surface area (TPSA) is 75.3 Å². The lowest BCUT2D eigenvalue weighted by atomic mass is 10.1. The zero-order valence-electron chi connectivity index (χ0n) is 11.7. The molecule has 1 heterocycles. The maximum atomic E-state index is 11.8. The quantitative estimate of drug-likeness (QED) is 0.732. The van der Waals surface area contributed by atoms with Gasteiger partial charge in [-0.05, 0) is 17.7 Å². The van der Waals surface area contributed by atoms with Crippen LogP contribution in [0.4, 0.5) is 0 Å². The smallest absolute Gasteiger partial charge is 0.272 e. The van der Waals surface area contributed by atoms with Crippen LogP contribution in [0.1, 0.15) is 5.56 Å². The first-order chi connectivity index (χ1) is 10.6. The highest BCUT2D eigenvalue weighted by Crippen LogP contribution is 2.27. The van der Waals surface area contributed by atoms with Gasteiger partial charge in [-0.2, -0.15) is 0 Å². The van der Waals surface area contributed by atoms with Crippen LogP contribution in [-0.4, -0.2) is 41.7 Å². The summed E-state index contributed by atoms with van der Waals surface area (Å²) < 4.78 is 21.5. The second-order valence-corrected chi connectivity index (χ2v) is 10.1. The number of alkyl halides is 3. The van der Waals surface area contributed by atoms with Crippen molar-refractivity contribution >= 4 is 62.1 Å². The van der Waals surface area contributed by atoms with E-state index in [4.69, 9.17) is 46.4 Å². The van der Waals surface area contributed by atoms with Gasteiger partial charge in [-0.1, -0.05) is 58.5 Å². The summed E-state index contributed by atoms with van der Waals surface area (Å²) in [6.07, 6.45) is 0. The molecule has 0 aromatic heterocycles. The second-order valence-electron chi connectivity index (χ2n) is 5.27. The predicted octanol–water partition coefficient (Wildman–Crippen LogP) is 2.08. The van der Waals surface area contributed by atoms with Crippen molar-refractivity contribution in [3.8, 4) is 0 Å². The number of rotatable bonds is 4. The van der Waals surface area contributed by atoms with Crippen molar-refractivity contribution in [3.63, 3.8) is 0 Å². The van der Waals surface area contributed by atoms with Gasteiger partial charge in [0.05, 0.1) is 17.5 Å². The second kappa shape index (κ2) is 7.33. The van der Waals surface area contributed by atoms with Crippen LogP contribution in [0.15, 0.2) is 24.3 Å². The normalized spacial score (nSPS) is 23.7. The fourth-order valence-corrected chi connectivity index (χ4v) is 4.61. The molecule has 23 heavy (non-hydrogen) atoms. The van der Waals surface area contributed by atoms with Crippen molar-refractivity contribution in [2.24, 2.45) is 0 Å². The number of hydrogen-bond donors (Lipinski definition) is 2. The van der Waals surface area contributed by atoms with Crippen molar-refractivity contribution < 1.29 is 13.2 Å². The number of carbonyl (C=O) groups excluding carboxylic acids is 1. The molecule has 2 rings (SSSR count). The first-order valence-electron chi connectivity index (χ1n) is 6.63. The van der Waals surface area contributed by atoms with Crippen molar-refractivity contribution in [1.82, 2.24) is 10.6 Å². The van der Waals surface area contributed by atoms with Crippen molar-refractivity contribution in [2.75, 3.05) is 11.5 Å². The Hall–Kier alpha value is -0.240. The minimum atomic E-state index is -3.28. The number of nitrogens with one attached hydrogen (secondary N) is 2. The van der Waals surface area contributed by atoms with Gasteiger partial charge in [0, 0.05) is 17.6 Å². The van der Waals surface area contributed by atoms with Gasteiger partial charge in [0.1, 0.15) is 0 Å². The third-order valence-electron chi connectivity index (χ3n) is 3.38. The lowest BCUT2D eigenvalue weighted by molar-refractivity contribution is -0.120. The lowest BCUT2D eigenvalue weighted by Gasteiger charge is -2.22. The molecule has 2 N–H and O–H groups in total. The maximum absolute atomic E-state index is 11.8. The molecule has 0 bridgehead atoms. The molecule has 1 fully saturated rings. The van der Waals surface area contributed by atoms with Gasteiger partial charge in [0.15, 0.2) is 9.84 Å². The molecule has 2 atom stereocenters. The fraction of sp³-hybridized carbons (Fsp3) is 0.462. The van der Waals surface area contributed by atoms with Gasteiger partial charge in [-0.25, -0.2) is 8.42 Å². The van der Waals surface area contributed by atoms with Gasteiger partial charge in [0.2, 0.25) is 0 Å². The summed E-state index contributed by atoms with van der Waals surface area (Å²) in [5.41, 5.74) is 0.897. The third kappa shape index (κ3) is 5.66. The highest BCUT2D eigenvalue weighted by Gasteiger charge is 2.41. The Kier molecular flexibility index (Phi) is 6.09. The van der Waals surface area contributed by atoms with E-state index >= 15 is 0 Å². The number of amides is 1. The van der Waals surface area contributed by atoms with E-state index in [9.17, 15) is 13.2 Å². The standard InChI is InChI=1S/C13H14Cl4N2O3S/c14-9-3-1-2-8(4-9)5-18-10-6-23(21,22)7-11(10)19-12(20)13(15,16)17/h1-4,10-11,18H,5-7H2,(H,19,20)/t10-,11+/m0/s1. The molecular formula is C13H14Cl4N2O3S. The molecule has 0 saturated carbocycles. The van der Waals surface area contributed by atoms with E-state index in [2.05, 4.69) is 10.6 Å². The summed E-state index contributed by atoms with van der Waals surface area (Å²) in [5, 5.41) is 6.16. The van der Waals surface area contributed by atoms with Crippen LogP contribution in [0.5, 0.6) is 0 Å². The SMILES string of the molecule is O=C(N[C@@H]1CS(=O)(=O)C[C@@H]1NCc1cccc(Cl)c1)C(Cl)(Cl)Cl. The Morgan fingerprint density at radius 2 is 1.87 bits per heavy atom. The average Bonchev–Trinajstić information content (AvgIpc) is 2.70. The molecule has 5 nitrogen and oxygen atoms in total. The average molecular weight is 420 g/mol. The Morgan fingerprint density at radius 1 is 1.22 bits per heavy atom. The van der Waals surface area contributed by atoms with Gasteiger partial charge in [0.25, 0.3) is 9.70 Å². The highest BCUT2D eigenvalue weighted by molar-refractivity contribution is 7.91. The fourth-order valence-electron chi connectivity index (χ4n) is 2.34. The molecule has 0 radical (unpaired) electrons. The van der Waals surface area contributed by atoms with Gasteiger partial charge >= 0.3 is 0 Å². The Morgan fingerprint density at radius 3 is 2.48 bits per heavy atom. The zero-order chi connectivity index (χ0) is 17.3. The van der Waals surface area contributed by atoms with Crippen LogP contribution >= 0.6 is 46.4 Å².